The standard InChI is InChI=1S/C21H22O12/c1-6-14(26)17(29)18(30)21(31-6)33-20-16(28)13-9(23)4-8(22)5-12(13)32-19(20)7-2-10(24)15(27)11(25)3-7/h2-6,14,17-27,29-30H,1H3/t6-,14-,17+,18+,19+,20+,21+/m1/s1. The molecule has 2 aromatic carbocycles. The molecule has 0 bridgehead atoms. The first-order valence-electron chi connectivity index (χ1n) is 9.86. The number of rotatable bonds is 3. The number of carbonyl (C=O) groups excluding carboxylic acids is 1. The summed E-state index contributed by atoms with van der Waals surface area (Å²) in [6.07, 6.45) is -10.5. The van der Waals surface area contributed by atoms with E-state index in [0.717, 1.165) is 24.3 Å². The second-order valence-electron chi connectivity index (χ2n) is 7.89. The van der Waals surface area contributed by atoms with Gasteiger partial charge in [0.1, 0.15) is 41.1 Å². The van der Waals surface area contributed by atoms with Gasteiger partial charge < -0.3 is 55.1 Å². The van der Waals surface area contributed by atoms with Crippen molar-refractivity contribution in [1.82, 2.24) is 0 Å². The van der Waals surface area contributed by atoms with Gasteiger partial charge in [0.25, 0.3) is 0 Å². The Morgan fingerprint density at radius 3 is 2.12 bits per heavy atom. The fourth-order valence-corrected chi connectivity index (χ4v) is 3.84. The Kier molecular flexibility index (Phi) is 5.72. The molecule has 0 saturated carbocycles. The SMILES string of the molecule is C[C@H]1O[C@@H](O[C@H]2C(=O)c3c(O)cc(O)cc3O[C@H]2c2cc(O)c(O)c(O)c2)[C@@H](O)[C@@H](O)[C@@H]1O. The summed E-state index contributed by atoms with van der Waals surface area (Å²) < 4.78 is 16.8. The second kappa shape index (κ2) is 8.24. The van der Waals surface area contributed by atoms with Crippen LogP contribution in [0.15, 0.2) is 24.3 Å². The normalized spacial score (nSPS) is 31.6. The summed E-state index contributed by atoms with van der Waals surface area (Å²) in [4.78, 5) is 13.3. The van der Waals surface area contributed by atoms with E-state index in [0.29, 0.717) is 0 Å². The number of ketones is 1. The number of benzene rings is 2. The van der Waals surface area contributed by atoms with Crippen LogP contribution < -0.4 is 4.74 Å². The first-order chi connectivity index (χ1) is 15.5. The number of hydrogen-bond acceptors (Lipinski definition) is 12. The maximum atomic E-state index is 13.3. The van der Waals surface area contributed by atoms with E-state index in [1.165, 1.54) is 6.92 Å². The molecule has 178 valence electrons. The van der Waals surface area contributed by atoms with Crippen LogP contribution in [0.2, 0.25) is 0 Å². The minimum absolute atomic E-state index is 0.0476. The highest BCUT2D eigenvalue weighted by Crippen LogP contribution is 2.46. The maximum absolute atomic E-state index is 13.3. The number of phenols is 5. The predicted octanol–water partition coefficient (Wildman–Crippen LogP) is -0.256. The lowest BCUT2D eigenvalue weighted by Gasteiger charge is -2.42. The molecule has 12 nitrogen and oxygen atoms in total. The summed E-state index contributed by atoms with van der Waals surface area (Å²) in [5.41, 5.74) is -0.395. The number of ether oxygens (including phenoxy) is 3. The summed E-state index contributed by atoms with van der Waals surface area (Å²) >= 11 is 0. The molecular formula is C21H22O12. The van der Waals surface area contributed by atoms with Crippen molar-refractivity contribution < 1.29 is 59.9 Å². The molecule has 0 aromatic heterocycles. The molecule has 0 spiro atoms. The summed E-state index contributed by atoms with van der Waals surface area (Å²) in [5.74, 6) is -4.40. The van der Waals surface area contributed by atoms with E-state index < -0.39 is 77.4 Å². The van der Waals surface area contributed by atoms with Crippen molar-refractivity contribution in [2.24, 2.45) is 0 Å². The lowest BCUT2D eigenvalue weighted by Crippen LogP contribution is -2.59. The molecule has 1 fully saturated rings. The van der Waals surface area contributed by atoms with Crippen LogP contribution in [0.3, 0.4) is 0 Å². The van der Waals surface area contributed by atoms with Crippen LogP contribution in [0, 0.1) is 0 Å². The monoisotopic (exact) mass is 466 g/mol. The van der Waals surface area contributed by atoms with Crippen LogP contribution in [0.4, 0.5) is 0 Å². The van der Waals surface area contributed by atoms with Gasteiger partial charge >= 0.3 is 0 Å². The third-order valence-corrected chi connectivity index (χ3v) is 5.61. The van der Waals surface area contributed by atoms with E-state index in [-0.39, 0.29) is 16.9 Å². The van der Waals surface area contributed by atoms with Crippen LogP contribution in [-0.2, 0) is 9.47 Å². The number of Topliss-reactive ketones (excluding diaryl/α,β-unsaturated/α-hetero) is 1. The second-order valence-corrected chi connectivity index (χ2v) is 7.89. The van der Waals surface area contributed by atoms with Crippen molar-refractivity contribution in [3.8, 4) is 34.5 Å². The lowest BCUT2D eigenvalue weighted by atomic mass is 9.92. The Labute approximate surface area is 186 Å². The summed E-state index contributed by atoms with van der Waals surface area (Å²) in [6, 6.07) is 3.96. The van der Waals surface area contributed by atoms with Gasteiger partial charge in [-0.25, -0.2) is 0 Å². The molecule has 1 saturated heterocycles. The van der Waals surface area contributed by atoms with E-state index >= 15 is 0 Å². The van der Waals surface area contributed by atoms with Crippen molar-refractivity contribution in [3.63, 3.8) is 0 Å². The zero-order chi connectivity index (χ0) is 24.2. The van der Waals surface area contributed by atoms with E-state index in [9.17, 15) is 45.6 Å². The number of fused-ring (bicyclic) bond motifs is 1. The molecule has 0 amide bonds. The van der Waals surface area contributed by atoms with Crippen LogP contribution in [0.1, 0.15) is 28.9 Å². The number of aromatic hydroxyl groups is 5. The van der Waals surface area contributed by atoms with Gasteiger partial charge in [0.05, 0.1) is 6.10 Å². The molecule has 2 aliphatic rings. The Morgan fingerprint density at radius 1 is 0.848 bits per heavy atom. The molecule has 4 rings (SSSR count). The van der Waals surface area contributed by atoms with Gasteiger partial charge in [0, 0.05) is 17.7 Å². The van der Waals surface area contributed by atoms with Crippen molar-refractivity contribution in [3.05, 3.63) is 35.4 Å². The molecule has 12 heteroatoms. The Bertz CT molecular complexity index is 1060. The zero-order valence-corrected chi connectivity index (χ0v) is 17.1. The molecule has 0 aliphatic carbocycles. The highest BCUT2D eigenvalue weighted by molar-refractivity contribution is 6.05. The van der Waals surface area contributed by atoms with Crippen molar-refractivity contribution in [2.75, 3.05) is 0 Å². The van der Waals surface area contributed by atoms with E-state index in [1.54, 1.807) is 0 Å². The van der Waals surface area contributed by atoms with Crippen molar-refractivity contribution in [2.45, 2.75) is 49.8 Å². The Morgan fingerprint density at radius 2 is 1.48 bits per heavy atom. The van der Waals surface area contributed by atoms with E-state index in [4.69, 9.17) is 14.2 Å². The lowest BCUT2D eigenvalue weighted by molar-refractivity contribution is -0.304. The third kappa shape index (κ3) is 3.87. The molecule has 0 radical (unpaired) electrons. The van der Waals surface area contributed by atoms with E-state index in [1.807, 2.05) is 0 Å². The number of aliphatic hydroxyl groups is 3. The smallest absolute Gasteiger partial charge is 0.203 e. The van der Waals surface area contributed by atoms with Gasteiger partial charge in [-0.2, -0.15) is 0 Å². The average molecular weight is 466 g/mol. The number of hydrogen-bond donors (Lipinski definition) is 8. The fraction of sp³-hybridized carbons (Fsp3) is 0.381. The number of phenolic OH excluding ortho intramolecular Hbond substituents is 5. The maximum Gasteiger partial charge on any atom is 0.203 e. The van der Waals surface area contributed by atoms with E-state index in [2.05, 4.69) is 0 Å². The van der Waals surface area contributed by atoms with Crippen LogP contribution in [0.25, 0.3) is 0 Å². The summed E-state index contributed by atoms with van der Waals surface area (Å²) in [7, 11) is 0. The predicted molar refractivity (Wildman–Crippen MR) is 106 cm³/mol. The first kappa shape index (κ1) is 22.9. The molecule has 7 atom stereocenters. The molecule has 2 aliphatic heterocycles. The van der Waals surface area contributed by atoms with Crippen molar-refractivity contribution >= 4 is 5.78 Å². The summed E-state index contributed by atoms with van der Waals surface area (Å²) in [5, 5.41) is 79.7. The van der Waals surface area contributed by atoms with Gasteiger partial charge in [-0.3, -0.25) is 4.79 Å². The average Bonchev–Trinajstić information content (AvgIpc) is 2.74. The van der Waals surface area contributed by atoms with Gasteiger partial charge in [-0.15, -0.1) is 0 Å². The number of aliphatic hydroxyl groups excluding tert-OH is 3. The summed E-state index contributed by atoms with van der Waals surface area (Å²) in [6.45, 7) is 1.41. The molecule has 2 heterocycles. The molecule has 33 heavy (non-hydrogen) atoms. The zero-order valence-electron chi connectivity index (χ0n) is 17.1. The van der Waals surface area contributed by atoms with Crippen LogP contribution >= 0.6 is 0 Å². The quantitative estimate of drug-likeness (QED) is 0.275. The minimum Gasteiger partial charge on any atom is -0.508 e. The Hall–Kier alpha value is -3.29. The van der Waals surface area contributed by atoms with Crippen LogP contribution in [-0.4, -0.2) is 83.4 Å². The molecule has 8 N–H and O–H groups in total. The third-order valence-electron chi connectivity index (χ3n) is 5.61. The molecule has 2 aromatic rings. The topological polar surface area (TPSA) is 207 Å². The molecule has 0 unspecified atom stereocenters. The minimum atomic E-state index is -1.76. The largest absolute Gasteiger partial charge is 0.508 e. The van der Waals surface area contributed by atoms with Gasteiger partial charge in [-0.05, 0) is 19.1 Å². The van der Waals surface area contributed by atoms with Crippen LogP contribution in [0.5, 0.6) is 34.5 Å². The Balaban J connectivity index is 1.78. The van der Waals surface area contributed by atoms with Gasteiger partial charge in [0.2, 0.25) is 5.78 Å². The molecular weight excluding hydrogens is 444 g/mol. The highest BCUT2D eigenvalue weighted by Gasteiger charge is 2.48. The van der Waals surface area contributed by atoms with Gasteiger partial charge in [0.15, 0.2) is 35.7 Å². The van der Waals surface area contributed by atoms with Gasteiger partial charge in [-0.1, -0.05) is 0 Å². The fourth-order valence-electron chi connectivity index (χ4n) is 3.84. The number of carbonyl (C=O) groups is 1. The first-order valence-corrected chi connectivity index (χ1v) is 9.86. The van der Waals surface area contributed by atoms with Crippen molar-refractivity contribution in [1.29, 1.82) is 0 Å². The highest BCUT2D eigenvalue weighted by atomic mass is 16.7.